The first-order chi connectivity index (χ1) is 14.8. The Balaban J connectivity index is 1.39. The van der Waals surface area contributed by atoms with Crippen LogP contribution < -0.4 is 0 Å². The SMILES string of the molecule is CN(Cc1nc2ccccc2s1)C(=O)C1CCN(S(=O)(=O)c2cc(F)ccc2F)CC1. The average Bonchev–Trinajstić information content (AvgIpc) is 3.17. The predicted molar refractivity (Wildman–Crippen MR) is 114 cm³/mol. The molecule has 1 fully saturated rings. The minimum atomic E-state index is -4.16. The van der Waals surface area contributed by atoms with Gasteiger partial charge in [-0.2, -0.15) is 4.31 Å². The summed E-state index contributed by atoms with van der Waals surface area (Å²) in [6.07, 6.45) is 0.637. The van der Waals surface area contributed by atoms with Gasteiger partial charge in [0.15, 0.2) is 0 Å². The Morgan fingerprint density at radius 3 is 2.61 bits per heavy atom. The third-order valence-corrected chi connectivity index (χ3v) is 8.34. The van der Waals surface area contributed by atoms with E-state index in [4.69, 9.17) is 0 Å². The number of fused-ring (bicyclic) bond motifs is 1. The lowest BCUT2D eigenvalue weighted by molar-refractivity contribution is -0.135. The van der Waals surface area contributed by atoms with E-state index in [9.17, 15) is 22.0 Å². The Labute approximate surface area is 183 Å². The van der Waals surface area contributed by atoms with Crippen LogP contribution in [-0.2, 0) is 21.4 Å². The van der Waals surface area contributed by atoms with Gasteiger partial charge in [0, 0.05) is 26.1 Å². The molecule has 6 nitrogen and oxygen atoms in total. The maximum atomic E-state index is 14.0. The van der Waals surface area contributed by atoms with Crippen molar-refractivity contribution in [2.24, 2.45) is 5.92 Å². The van der Waals surface area contributed by atoms with Crippen molar-refractivity contribution in [1.82, 2.24) is 14.2 Å². The maximum Gasteiger partial charge on any atom is 0.246 e. The Hall–Kier alpha value is -2.43. The number of sulfonamides is 1. The number of thiazole rings is 1. The number of piperidine rings is 1. The van der Waals surface area contributed by atoms with Crippen LogP contribution in [0.25, 0.3) is 10.2 Å². The zero-order chi connectivity index (χ0) is 22.2. The van der Waals surface area contributed by atoms with Gasteiger partial charge in [0.2, 0.25) is 15.9 Å². The molecular weight excluding hydrogens is 444 g/mol. The van der Waals surface area contributed by atoms with E-state index < -0.39 is 26.6 Å². The summed E-state index contributed by atoms with van der Waals surface area (Å²) in [7, 11) is -2.45. The summed E-state index contributed by atoms with van der Waals surface area (Å²) >= 11 is 1.53. The molecule has 3 aromatic rings. The molecule has 164 valence electrons. The van der Waals surface area contributed by atoms with Gasteiger partial charge in [0.25, 0.3) is 0 Å². The number of carbonyl (C=O) groups is 1. The Bertz CT molecular complexity index is 1190. The lowest BCUT2D eigenvalue weighted by Crippen LogP contribution is -2.43. The molecule has 2 aromatic carbocycles. The quantitative estimate of drug-likeness (QED) is 0.577. The Morgan fingerprint density at radius 2 is 1.90 bits per heavy atom. The van der Waals surface area contributed by atoms with Crippen molar-refractivity contribution in [2.45, 2.75) is 24.3 Å². The second-order valence-corrected chi connectivity index (χ2v) is 10.5. The standard InChI is InChI=1S/C21H21F2N3O3S2/c1-25(13-20-24-17-4-2-3-5-18(17)30-20)21(27)14-8-10-26(11-9-14)31(28,29)19-12-15(22)6-7-16(19)23/h2-7,12,14H,8-11,13H2,1H3. The number of nitrogens with zero attached hydrogens (tertiary/aromatic N) is 3. The molecule has 0 saturated carbocycles. The molecule has 10 heteroatoms. The summed E-state index contributed by atoms with van der Waals surface area (Å²) in [4.78, 5) is 18.3. The Morgan fingerprint density at radius 1 is 1.19 bits per heavy atom. The average molecular weight is 466 g/mol. The number of benzene rings is 2. The minimum absolute atomic E-state index is 0.0731. The van der Waals surface area contributed by atoms with E-state index in [0.717, 1.165) is 31.7 Å². The van der Waals surface area contributed by atoms with Crippen LogP contribution in [0, 0.1) is 17.6 Å². The fraction of sp³-hybridized carbons (Fsp3) is 0.333. The van der Waals surface area contributed by atoms with Crippen LogP contribution in [0.4, 0.5) is 8.78 Å². The molecule has 0 N–H and O–H groups in total. The van der Waals surface area contributed by atoms with Crippen molar-refractivity contribution < 1.29 is 22.0 Å². The van der Waals surface area contributed by atoms with Crippen LogP contribution >= 0.6 is 11.3 Å². The summed E-state index contributed by atoms with van der Waals surface area (Å²) < 4.78 is 55.0. The van der Waals surface area contributed by atoms with Gasteiger partial charge in [0.05, 0.1) is 16.8 Å². The molecule has 0 aliphatic carbocycles. The zero-order valence-corrected chi connectivity index (χ0v) is 18.4. The molecule has 4 rings (SSSR count). The van der Waals surface area contributed by atoms with Crippen molar-refractivity contribution in [3.8, 4) is 0 Å². The van der Waals surface area contributed by atoms with Crippen molar-refractivity contribution >= 4 is 37.5 Å². The van der Waals surface area contributed by atoms with E-state index in [0.29, 0.717) is 25.5 Å². The second-order valence-electron chi connectivity index (χ2n) is 7.52. The van der Waals surface area contributed by atoms with E-state index >= 15 is 0 Å². The van der Waals surface area contributed by atoms with Crippen LogP contribution in [0.3, 0.4) is 0 Å². The fourth-order valence-electron chi connectivity index (χ4n) is 3.74. The Kier molecular flexibility index (Phi) is 6.05. The van der Waals surface area contributed by atoms with E-state index in [2.05, 4.69) is 4.98 Å². The summed E-state index contributed by atoms with van der Waals surface area (Å²) in [5.74, 6) is -2.21. The number of amides is 1. The smallest absolute Gasteiger partial charge is 0.246 e. The number of rotatable bonds is 5. The van der Waals surface area contributed by atoms with Gasteiger partial charge in [0.1, 0.15) is 21.5 Å². The molecule has 0 spiro atoms. The predicted octanol–water partition coefficient (Wildman–Crippen LogP) is 3.63. The molecule has 1 aromatic heterocycles. The molecule has 1 saturated heterocycles. The van der Waals surface area contributed by atoms with Gasteiger partial charge < -0.3 is 4.90 Å². The number of aromatic nitrogens is 1. The summed E-state index contributed by atoms with van der Waals surface area (Å²) in [5.41, 5.74) is 0.895. The lowest BCUT2D eigenvalue weighted by atomic mass is 9.97. The molecule has 0 radical (unpaired) electrons. The number of carbonyl (C=O) groups excluding carboxylic acids is 1. The van der Waals surface area contributed by atoms with Crippen molar-refractivity contribution in [3.63, 3.8) is 0 Å². The zero-order valence-electron chi connectivity index (χ0n) is 16.8. The van der Waals surface area contributed by atoms with Crippen molar-refractivity contribution in [2.75, 3.05) is 20.1 Å². The molecule has 1 aliphatic heterocycles. The number of para-hydroxylation sites is 1. The molecule has 1 aliphatic rings. The van der Waals surface area contributed by atoms with Crippen molar-refractivity contribution in [3.05, 3.63) is 59.1 Å². The molecule has 1 amide bonds. The molecular formula is C21H21F2N3O3S2. The van der Waals surface area contributed by atoms with Gasteiger partial charge in [-0.15, -0.1) is 11.3 Å². The third kappa shape index (κ3) is 4.46. The molecule has 31 heavy (non-hydrogen) atoms. The minimum Gasteiger partial charge on any atom is -0.339 e. The van der Waals surface area contributed by atoms with E-state index in [1.807, 2.05) is 24.3 Å². The maximum absolute atomic E-state index is 14.0. The third-order valence-electron chi connectivity index (χ3n) is 5.40. The number of hydrogen-bond donors (Lipinski definition) is 0. The number of hydrogen-bond acceptors (Lipinski definition) is 5. The molecule has 0 unspecified atom stereocenters. The van der Waals surface area contributed by atoms with Crippen LogP contribution in [0.2, 0.25) is 0 Å². The molecule has 2 heterocycles. The van der Waals surface area contributed by atoms with E-state index in [1.165, 1.54) is 11.3 Å². The van der Waals surface area contributed by atoms with Crippen LogP contribution in [0.15, 0.2) is 47.4 Å². The summed E-state index contributed by atoms with van der Waals surface area (Å²) in [5, 5.41) is 0.832. The highest BCUT2D eigenvalue weighted by Gasteiger charge is 2.34. The highest BCUT2D eigenvalue weighted by molar-refractivity contribution is 7.89. The van der Waals surface area contributed by atoms with Crippen LogP contribution in [0.1, 0.15) is 17.8 Å². The highest BCUT2D eigenvalue weighted by atomic mass is 32.2. The van der Waals surface area contributed by atoms with Crippen LogP contribution in [-0.4, -0.2) is 48.7 Å². The van der Waals surface area contributed by atoms with Gasteiger partial charge in [-0.3, -0.25) is 4.79 Å². The van der Waals surface area contributed by atoms with Crippen LogP contribution in [0.5, 0.6) is 0 Å². The second kappa shape index (κ2) is 8.60. The van der Waals surface area contributed by atoms with E-state index in [1.54, 1.807) is 11.9 Å². The largest absolute Gasteiger partial charge is 0.339 e. The van der Waals surface area contributed by atoms with Crippen molar-refractivity contribution in [1.29, 1.82) is 0 Å². The molecule has 0 bridgehead atoms. The molecule has 0 atom stereocenters. The fourth-order valence-corrected chi connectivity index (χ4v) is 6.30. The van der Waals surface area contributed by atoms with Gasteiger partial charge in [-0.05, 0) is 43.2 Å². The normalized spacial score (nSPS) is 16.0. The first-order valence-corrected chi connectivity index (χ1v) is 12.1. The number of halogens is 2. The highest BCUT2D eigenvalue weighted by Crippen LogP contribution is 2.28. The van der Waals surface area contributed by atoms with Gasteiger partial charge in [-0.25, -0.2) is 22.2 Å². The topological polar surface area (TPSA) is 70.6 Å². The monoisotopic (exact) mass is 465 g/mol. The summed E-state index contributed by atoms with van der Waals surface area (Å²) in [6.45, 7) is 0.526. The van der Waals surface area contributed by atoms with Gasteiger partial charge in [-0.1, -0.05) is 12.1 Å². The first kappa shape index (κ1) is 21.8. The van der Waals surface area contributed by atoms with E-state index in [-0.39, 0.29) is 24.9 Å². The summed E-state index contributed by atoms with van der Waals surface area (Å²) in [6, 6.07) is 10.1. The lowest BCUT2D eigenvalue weighted by Gasteiger charge is -2.32. The van der Waals surface area contributed by atoms with Gasteiger partial charge >= 0.3 is 0 Å². The first-order valence-electron chi connectivity index (χ1n) is 9.80.